The minimum Gasteiger partial charge on any atom is -0.480 e. The van der Waals surface area contributed by atoms with E-state index < -0.39 is 35.7 Å². The van der Waals surface area contributed by atoms with Gasteiger partial charge in [-0.2, -0.15) is 0 Å². The Morgan fingerprint density at radius 2 is 2.21 bits per heavy atom. The van der Waals surface area contributed by atoms with Crippen molar-refractivity contribution in [3.8, 4) is 0 Å². The van der Waals surface area contributed by atoms with Crippen molar-refractivity contribution in [1.82, 2.24) is 15.2 Å². The number of carbonyl (C=O) groups excluding carboxylic acids is 1. The van der Waals surface area contributed by atoms with E-state index in [2.05, 4.69) is 15.3 Å². The third-order valence-corrected chi connectivity index (χ3v) is 6.18. The average Bonchev–Trinajstić information content (AvgIpc) is 3.34. The van der Waals surface area contributed by atoms with Gasteiger partial charge in [-0.15, -0.1) is 11.3 Å². The van der Waals surface area contributed by atoms with Crippen LogP contribution in [0.5, 0.6) is 0 Å². The number of hydrogen-bond donors (Lipinski definition) is 2. The summed E-state index contributed by atoms with van der Waals surface area (Å²) in [5.74, 6) is -3.15. The molecule has 1 aromatic heterocycles. The predicted molar refractivity (Wildman–Crippen MR) is 118 cm³/mol. The number of aromatic nitrogens is 1. The van der Waals surface area contributed by atoms with Gasteiger partial charge in [0.15, 0.2) is 10.8 Å². The third kappa shape index (κ3) is 4.98. The Kier molecular flexibility index (Phi) is 7.29. The maximum absolute atomic E-state index is 14.9. The number of ether oxygens (including phenoxy) is 2. The molecule has 180 valence electrons. The van der Waals surface area contributed by atoms with E-state index in [-0.39, 0.29) is 36.7 Å². The Bertz CT molecular complexity index is 1140. The smallest absolute Gasteiger partial charge is 0.338 e. The maximum Gasteiger partial charge on any atom is 0.338 e. The Morgan fingerprint density at radius 1 is 1.38 bits per heavy atom. The number of nitrogens with one attached hydrogen (secondary N) is 1. The van der Waals surface area contributed by atoms with Gasteiger partial charge in [-0.25, -0.2) is 18.6 Å². The first kappa shape index (κ1) is 23.9. The molecule has 0 aliphatic carbocycles. The van der Waals surface area contributed by atoms with Gasteiger partial charge in [-0.05, 0) is 13.0 Å². The molecule has 1 fully saturated rings. The monoisotopic (exact) mass is 492 g/mol. The fraction of sp³-hybridized carbons (Fsp3) is 0.364. The molecule has 0 radical (unpaired) electrons. The molecule has 1 saturated heterocycles. The van der Waals surface area contributed by atoms with E-state index in [1.807, 2.05) is 0 Å². The number of nitrogens with zero attached hydrogens (tertiary/aromatic N) is 3. The molecular formula is C22H22F2N4O5S. The van der Waals surface area contributed by atoms with Crippen molar-refractivity contribution in [2.45, 2.75) is 19.0 Å². The minimum absolute atomic E-state index is 0.0121. The van der Waals surface area contributed by atoms with E-state index >= 15 is 0 Å². The van der Waals surface area contributed by atoms with Gasteiger partial charge in [0.05, 0.1) is 25.4 Å². The van der Waals surface area contributed by atoms with Gasteiger partial charge in [0, 0.05) is 42.0 Å². The molecule has 4 rings (SSSR count). The summed E-state index contributed by atoms with van der Waals surface area (Å²) in [5.41, 5.74) is 0.304. The summed E-state index contributed by atoms with van der Waals surface area (Å²) in [4.78, 5) is 35.3. The zero-order valence-electron chi connectivity index (χ0n) is 18.2. The van der Waals surface area contributed by atoms with Crippen LogP contribution in [0.25, 0.3) is 0 Å². The molecule has 9 nitrogen and oxygen atoms in total. The van der Waals surface area contributed by atoms with Crippen molar-refractivity contribution < 1.29 is 33.0 Å². The standard InChI is InChI=1S/C22H22F2N4O5S/c1-2-33-22(31)17-15(10-28-6-7-32-11-16(28)21(29)30)26-19(20-25-5-8-34-20)27-18(17)13-4-3-12(23)9-14(13)24/h3-5,8-9,16,18H,2,6-7,10-11H2,1H3,(H,26,27)(H,29,30). The van der Waals surface area contributed by atoms with Crippen LogP contribution in [-0.4, -0.2) is 71.7 Å². The second-order valence-corrected chi connectivity index (χ2v) is 8.42. The Labute approximate surface area is 197 Å². The van der Waals surface area contributed by atoms with E-state index in [0.29, 0.717) is 23.9 Å². The summed E-state index contributed by atoms with van der Waals surface area (Å²) < 4.78 is 39.0. The molecule has 2 N–H and O–H groups in total. The molecule has 34 heavy (non-hydrogen) atoms. The molecule has 12 heteroatoms. The van der Waals surface area contributed by atoms with Crippen molar-refractivity contribution in [3.63, 3.8) is 0 Å². The lowest BCUT2D eigenvalue weighted by atomic mass is 9.94. The van der Waals surface area contributed by atoms with Crippen LogP contribution in [0.3, 0.4) is 0 Å². The molecule has 2 unspecified atom stereocenters. The highest BCUT2D eigenvalue weighted by Gasteiger charge is 2.37. The summed E-state index contributed by atoms with van der Waals surface area (Å²) in [5, 5.41) is 14.9. The lowest BCUT2D eigenvalue weighted by Gasteiger charge is -2.35. The summed E-state index contributed by atoms with van der Waals surface area (Å²) in [6.45, 7) is 2.31. The lowest BCUT2D eigenvalue weighted by Crippen LogP contribution is -2.52. The number of thiazole rings is 1. The number of aliphatic imine (C=N–C) groups is 1. The normalized spacial score (nSPS) is 21.1. The fourth-order valence-electron chi connectivity index (χ4n) is 3.82. The van der Waals surface area contributed by atoms with E-state index in [0.717, 1.165) is 12.1 Å². The molecule has 1 aromatic carbocycles. The number of carboxylic acids is 1. The van der Waals surface area contributed by atoms with Gasteiger partial charge in [0.1, 0.15) is 23.7 Å². The van der Waals surface area contributed by atoms with Crippen LogP contribution in [0.4, 0.5) is 8.78 Å². The van der Waals surface area contributed by atoms with Gasteiger partial charge >= 0.3 is 11.9 Å². The highest BCUT2D eigenvalue weighted by Crippen LogP contribution is 2.35. The molecule has 2 atom stereocenters. The first-order chi connectivity index (χ1) is 16.4. The zero-order chi connectivity index (χ0) is 24.2. The van der Waals surface area contributed by atoms with Crippen molar-refractivity contribution in [2.24, 2.45) is 4.99 Å². The highest BCUT2D eigenvalue weighted by molar-refractivity contribution is 7.11. The topological polar surface area (TPSA) is 113 Å². The quantitative estimate of drug-likeness (QED) is 0.565. The highest BCUT2D eigenvalue weighted by atomic mass is 32.1. The van der Waals surface area contributed by atoms with Gasteiger partial charge in [-0.1, -0.05) is 6.07 Å². The summed E-state index contributed by atoms with van der Waals surface area (Å²) in [6.07, 6.45) is 1.57. The van der Waals surface area contributed by atoms with Crippen LogP contribution < -0.4 is 5.32 Å². The molecule has 0 amide bonds. The number of amidine groups is 1. The number of hydrogen-bond acceptors (Lipinski definition) is 9. The summed E-state index contributed by atoms with van der Waals surface area (Å²) in [6, 6.07) is 0.953. The first-order valence-electron chi connectivity index (χ1n) is 10.5. The number of rotatable bonds is 7. The summed E-state index contributed by atoms with van der Waals surface area (Å²) >= 11 is 1.28. The van der Waals surface area contributed by atoms with Crippen LogP contribution >= 0.6 is 11.3 Å². The fourth-order valence-corrected chi connectivity index (χ4v) is 4.41. The number of carbonyl (C=O) groups is 2. The Balaban J connectivity index is 1.83. The maximum atomic E-state index is 14.9. The Hall–Kier alpha value is -3.22. The second kappa shape index (κ2) is 10.4. The second-order valence-electron chi connectivity index (χ2n) is 7.52. The zero-order valence-corrected chi connectivity index (χ0v) is 19.0. The third-order valence-electron chi connectivity index (χ3n) is 5.40. The minimum atomic E-state index is -1.15. The Morgan fingerprint density at radius 3 is 2.88 bits per heavy atom. The molecule has 2 aliphatic heterocycles. The molecule has 0 bridgehead atoms. The van der Waals surface area contributed by atoms with Crippen LogP contribution in [0, 0.1) is 11.6 Å². The van der Waals surface area contributed by atoms with Gasteiger partial charge in [-0.3, -0.25) is 14.7 Å². The molecule has 2 aromatic rings. The van der Waals surface area contributed by atoms with Crippen LogP contribution in [0.1, 0.15) is 23.5 Å². The van der Waals surface area contributed by atoms with Crippen LogP contribution in [0.15, 0.2) is 46.0 Å². The van der Waals surface area contributed by atoms with Crippen molar-refractivity contribution in [3.05, 3.63) is 63.3 Å². The molecule has 2 aliphatic rings. The van der Waals surface area contributed by atoms with E-state index in [1.54, 1.807) is 23.4 Å². The number of halogens is 2. The van der Waals surface area contributed by atoms with E-state index in [1.165, 1.54) is 17.4 Å². The van der Waals surface area contributed by atoms with Gasteiger partial charge in [0.2, 0.25) is 0 Å². The molecular weight excluding hydrogens is 470 g/mol. The van der Waals surface area contributed by atoms with Crippen molar-refractivity contribution in [1.29, 1.82) is 0 Å². The van der Waals surface area contributed by atoms with Crippen molar-refractivity contribution in [2.75, 3.05) is 32.9 Å². The molecule has 3 heterocycles. The number of benzene rings is 1. The SMILES string of the molecule is CCOC(=O)C1=C(CN2CCOCC2C(=O)O)NC(c2nccs2)=NC1c1ccc(F)cc1F. The van der Waals surface area contributed by atoms with E-state index in [9.17, 15) is 23.5 Å². The number of esters is 1. The first-order valence-corrected chi connectivity index (χ1v) is 11.4. The van der Waals surface area contributed by atoms with Crippen molar-refractivity contribution >= 4 is 29.1 Å². The average molecular weight is 493 g/mol. The molecule has 0 saturated carbocycles. The summed E-state index contributed by atoms with van der Waals surface area (Å²) in [7, 11) is 0. The predicted octanol–water partition coefficient (Wildman–Crippen LogP) is 2.12. The van der Waals surface area contributed by atoms with Gasteiger partial charge < -0.3 is 19.9 Å². The molecule has 0 spiro atoms. The largest absolute Gasteiger partial charge is 0.480 e. The van der Waals surface area contributed by atoms with E-state index in [4.69, 9.17) is 9.47 Å². The number of aliphatic carboxylic acids is 1. The van der Waals surface area contributed by atoms with Crippen LogP contribution in [-0.2, 0) is 19.1 Å². The van der Waals surface area contributed by atoms with Gasteiger partial charge in [0.25, 0.3) is 0 Å². The lowest BCUT2D eigenvalue weighted by molar-refractivity contribution is -0.149. The van der Waals surface area contributed by atoms with Crippen LogP contribution in [0.2, 0.25) is 0 Å². The number of carboxylic acid groups (broad SMARTS) is 1. The number of morpholine rings is 1.